The van der Waals surface area contributed by atoms with Crippen LogP contribution >= 0.6 is 11.8 Å². The number of aryl methyl sites for hydroxylation is 1. The zero-order chi connectivity index (χ0) is 18.2. The van der Waals surface area contributed by atoms with E-state index in [2.05, 4.69) is 35.2 Å². The molecule has 0 saturated carbocycles. The molecule has 0 aliphatic carbocycles. The minimum Gasteiger partial charge on any atom is -0.311 e. The maximum absolute atomic E-state index is 12.0. The van der Waals surface area contributed by atoms with Gasteiger partial charge in [0.05, 0.1) is 5.56 Å². The quantitative estimate of drug-likeness (QED) is 0.761. The van der Waals surface area contributed by atoms with Gasteiger partial charge in [0.25, 0.3) is 0 Å². The van der Waals surface area contributed by atoms with Crippen LogP contribution in [0.25, 0.3) is 0 Å². The summed E-state index contributed by atoms with van der Waals surface area (Å²) in [6.45, 7) is 6.22. The molecular weight excluding hydrogens is 332 g/mol. The van der Waals surface area contributed by atoms with Crippen LogP contribution in [0.1, 0.15) is 37.1 Å². The Bertz CT molecular complexity index is 783. The molecule has 0 aliphatic rings. The number of hydrogen-bond donors (Lipinski definition) is 1. The molecule has 6 heteroatoms. The van der Waals surface area contributed by atoms with Crippen molar-refractivity contribution >= 4 is 23.5 Å². The fraction of sp³-hybridized carbons (Fsp3) is 0.368. The molecular formula is C19H22N4OS. The SMILES string of the molecule is Cc1ccnc(NC(=O)CCSc2nc(CC(C)C)ccc2C#N)c1. The van der Waals surface area contributed by atoms with E-state index in [1.807, 2.05) is 31.2 Å². The predicted molar refractivity (Wildman–Crippen MR) is 100 cm³/mol. The fourth-order valence-corrected chi connectivity index (χ4v) is 3.19. The lowest BCUT2D eigenvalue weighted by atomic mass is 10.1. The summed E-state index contributed by atoms with van der Waals surface area (Å²) in [6.07, 6.45) is 2.88. The number of nitriles is 1. The molecule has 0 spiro atoms. The maximum atomic E-state index is 12.0. The molecule has 25 heavy (non-hydrogen) atoms. The van der Waals surface area contributed by atoms with Gasteiger partial charge in [0.15, 0.2) is 0 Å². The number of hydrogen-bond acceptors (Lipinski definition) is 5. The zero-order valence-electron chi connectivity index (χ0n) is 14.7. The Hall–Kier alpha value is -2.39. The zero-order valence-corrected chi connectivity index (χ0v) is 15.6. The number of carbonyl (C=O) groups excluding carboxylic acids is 1. The molecule has 0 saturated heterocycles. The van der Waals surface area contributed by atoms with E-state index in [1.165, 1.54) is 11.8 Å². The minimum atomic E-state index is -0.0950. The number of carbonyl (C=O) groups is 1. The van der Waals surface area contributed by atoms with Crippen LogP contribution in [0.15, 0.2) is 35.5 Å². The van der Waals surface area contributed by atoms with E-state index in [1.54, 1.807) is 6.20 Å². The standard InChI is InChI=1S/C19H22N4OS/c1-13(2)10-16-5-4-15(12-20)19(22-16)25-9-7-18(24)23-17-11-14(3)6-8-21-17/h4-6,8,11,13H,7,9-10H2,1-3H3,(H,21,23,24). The van der Waals surface area contributed by atoms with Crippen molar-refractivity contribution in [3.8, 4) is 6.07 Å². The van der Waals surface area contributed by atoms with Gasteiger partial charge in [-0.3, -0.25) is 4.79 Å². The second-order valence-corrected chi connectivity index (χ2v) is 7.31. The molecule has 0 unspecified atom stereocenters. The second-order valence-electron chi connectivity index (χ2n) is 6.23. The Kier molecular flexibility index (Phi) is 6.96. The topological polar surface area (TPSA) is 78.7 Å². The number of aromatic nitrogens is 2. The highest BCUT2D eigenvalue weighted by Crippen LogP contribution is 2.22. The Labute approximate surface area is 152 Å². The summed E-state index contributed by atoms with van der Waals surface area (Å²) in [7, 11) is 0. The summed E-state index contributed by atoms with van der Waals surface area (Å²) in [5, 5.41) is 12.7. The van der Waals surface area contributed by atoms with Crippen molar-refractivity contribution in [1.29, 1.82) is 5.26 Å². The lowest BCUT2D eigenvalue weighted by Gasteiger charge is -2.08. The van der Waals surface area contributed by atoms with Crippen molar-refractivity contribution in [2.75, 3.05) is 11.1 Å². The number of amides is 1. The first kappa shape index (κ1) is 18.9. The van der Waals surface area contributed by atoms with Gasteiger partial charge in [-0.1, -0.05) is 13.8 Å². The molecule has 0 bridgehead atoms. The third-order valence-electron chi connectivity index (χ3n) is 3.41. The number of nitrogens with zero attached hydrogens (tertiary/aromatic N) is 3. The van der Waals surface area contributed by atoms with Gasteiger partial charge in [-0.05, 0) is 49.1 Å². The molecule has 0 atom stereocenters. The number of nitrogens with one attached hydrogen (secondary N) is 1. The molecule has 0 aromatic carbocycles. The van der Waals surface area contributed by atoms with E-state index in [0.29, 0.717) is 34.5 Å². The lowest BCUT2D eigenvalue weighted by Crippen LogP contribution is -2.13. The van der Waals surface area contributed by atoms with Crippen LogP contribution < -0.4 is 5.32 Å². The summed E-state index contributed by atoms with van der Waals surface area (Å²) in [5.74, 6) is 1.53. The summed E-state index contributed by atoms with van der Waals surface area (Å²) in [4.78, 5) is 20.7. The number of rotatable bonds is 7. The Morgan fingerprint density at radius 1 is 1.36 bits per heavy atom. The Balaban J connectivity index is 1.92. The van der Waals surface area contributed by atoms with Crippen molar-refractivity contribution in [3.63, 3.8) is 0 Å². The van der Waals surface area contributed by atoms with E-state index >= 15 is 0 Å². The molecule has 1 amide bonds. The molecule has 0 radical (unpaired) electrons. The normalized spacial score (nSPS) is 10.5. The molecule has 0 aliphatic heterocycles. The third kappa shape index (κ3) is 6.20. The Morgan fingerprint density at radius 2 is 2.16 bits per heavy atom. The fourth-order valence-electron chi connectivity index (χ4n) is 2.26. The van der Waals surface area contributed by atoms with Gasteiger partial charge in [0, 0.05) is 24.1 Å². The van der Waals surface area contributed by atoms with Crippen LogP contribution in [-0.2, 0) is 11.2 Å². The molecule has 2 rings (SSSR count). The largest absolute Gasteiger partial charge is 0.311 e. The first-order chi connectivity index (χ1) is 12.0. The molecule has 2 aromatic heterocycles. The van der Waals surface area contributed by atoms with Crippen molar-refractivity contribution in [3.05, 3.63) is 47.3 Å². The van der Waals surface area contributed by atoms with Crippen LogP contribution in [0.5, 0.6) is 0 Å². The second kappa shape index (κ2) is 9.19. The molecule has 2 heterocycles. The van der Waals surface area contributed by atoms with Crippen LogP contribution in [0, 0.1) is 24.2 Å². The van der Waals surface area contributed by atoms with Gasteiger partial charge in [-0.2, -0.15) is 5.26 Å². The van der Waals surface area contributed by atoms with E-state index in [9.17, 15) is 10.1 Å². The Morgan fingerprint density at radius 3 is 2.84 bits per heavy atom. The van der Waals surface area contributed by atoms with Gasteiger partial charge in [-0.25, -0.2) is 9.97 Å². The smallest absolute Gasteiger partial charge is 0.226 e. The summed E-state index contributed by atoms with van der Waals surface area (Å²) in [5.41, 5.74) is 2.58. The van der Waals surface area contributed by atoms with Crippen LogP contribution in [0.4, 0.5) is 5.82 Å². The van der Waals surface area contributed by atoms with Gasteiger partial charge >= 0.3 is 0 Å². The highest BCUT2D eigenvalue weighted by atomic mass is 32.2. The van der Waals surface area contributed by atoms with Crippen LogP contribution in [-0.4, -0.2) is 21.6 Å². The summed E-state index contributed by atoms with van der Waals surface area (Å²) >= 11 is 1.44. The highest BCUT2D eigenvalue weighted by molar-refractivity contribution is 7.99. The molecule has 5 nitrogen and oxygen atoms in total. The van der Waals surface area contributed by atoms with E-state index < -0.39 is 0 Å². The average molecular weight is 354 g/mol. The van der Waals surface area contributed by atoms with E-state index in [4.69, 9.17) is 0 Å². The first-order valence-corrected chi connectivity index (χ1v) is 9.22. The lowest BCUT2D eigenvalue weighted by molar-refractivity contribution is -0.115. The highest BCUT2D eigenvalue weighted by Gasteiger charge is 2.10. The molecule has 0 fully saturated rings. The maximum Gasteiger partial charge on any atom is 0.226 e. The van der Waals surface area contributed by atoms with Crippen molar-refractivity contribution in [2.45, 2.75) is 38.6 Å². The number of thioether (sulfide) groups is 1. The molecule has 2 aromatic rings. The van der Waals surface area contributed by atoms with Crippen molar-refractivity contribution < 1.29 is 4.79 Å². The van der Waals surface area contributed by atoms with Crippen LogP contribution in [0.3, 0.4) is 0 Å². The van der Waals surface area contributed by atoms with Gasteiger partial charge in [0.1, 0.15) is 16.9 Å². The average Bonchev–Trinajstić information content (AvgIpc) is 2.54. The summed E-state index contributed by atoms with van der Waals surface area (Å²) in [6, 6.07) is 9.59. The third-order valence-corrected chi connectivity index (χ3v) is 4.40. The van der Waals surface area contributed by atoms with E-state index in [0.717, 1.165) is 17.7 Å². The number of anilines is 1. The minimum absolute atomic E-state index is 0.0950. The first-order valence-electron chi connectivity index (χ1n) is 8.23. The molecule has 130 valence electrons. The number of pyridine rings is 2. The van der Waals surface area contributed by atoms with Crippen molar-refractivity contribution in [1.82, 2.24) is 9.97 Å². The van der Waals surface area contributed by atoms with Gasteiger partial charge in [0.2, 0.25) is 5.91 Å². The van der Waals surface area contributed by atoms with Gasteiger partial charge in [-0.15, -0.1) is 11.8 Å². The monoisotopic (exact) mass is 354 g/mol. The molecule has 1 N–H and O–H groups in total. The van der Waals surface area contributed by atoms with Crippen LogP contribution in [0.2, 0.25) is 0 Å². The predicted octanol–water partition coefficient (Wildman–Crippen LogP) is 3.98. The summed E-state index contributed by atoms with van der Waals surface area (Å²) < 4.78 is 0. The van der Waals surface area contributed by atoms with Crippen molar-refractivity contribution in [2.24, 2.45) is 5.92 Å². The van der Waals surface area contributed by atoms with Gasteiger partial charge < -0.3 is 5.32 Å². The van der Waals surface area contributed by atoms with E-state index in [-0.39, 0.29) is 5.91 Å².